The van der Waals surface area contributed by atoms with Crippen LogP contribution in [0.5, 0.6) is 0 Å². The van der Waals surface area contributed by atoms with Crippen LogP contribution in [0.2, 0.25) is 0 Å². The number of thiophene rings is 1. The molecule has 0 bridgehead atoms. The molecule has 0 fully saturated rings. The SMILES string of the molecule is CN(C)c1ccc(CNC(=O)Cc2csc(-c3cccs3)n2)cc1. The fraction of sp³-hybridized carbons (Fsp3) is 0.222. The van der Waals surface area contributed by atoms with Crippen LogP contribution in [0.1, 0.15) is 11.3 Å². The minimum atomic E-state index is -0.00489. The number of nitrogens with one attached hydrogen (secondary N) is 1. The zero-order chi connectivity index (χ0) is 16.9. The second kappa shape index (κ2) is 7.59. The van der Waals surface area contributed by atoms with Gasteiger partial charge in [0.05, 0.1) is 17.0 Å². The molecule has 24 heavy (non-hydrogen) atoms. The van der Waals surface area contributed by atoms with Gasteiger partial charge in [-0.05, 0) is 29.1 Å². The number of hydrogen-bond acceptors (Lipinski definition) is 5. The van der Waals surface area contributed by atoms with Crippen molar-refractivity contribution in [2.75, 3.05) is 19.0 Å². The summed E-state index contributed by atoms with van der Waals surface area (Å²) in [4.78, 5) is 19.8. The highest BCUT2D eigenvalue weighted by atomic mass is 32.1. The summed E-state index contributed by atoms with van der Waals surface area (Å²) in [7, 11) is 4.02. The summed E-state index contributed by atoms with van der Waals surface area (Å²) in [6, 6.07) is 12.2. The lowest BCUT2D eigenvalue weighted by molar-refractivity contribution is -0.120. The van der Waals surface area contributed by atoms with Crippen molar-refractivity contribution in [1.82, 2.24) is 10.3 Å². The minimum Gasteiger partial charge on any atom is -0.378 e. The molecule has 0 spiro atoms. The molecule has 3 aromatic rings. The van der Waals surface area contributed by atoms with Gasteiger partial charge in [0.2, 0.25) is 5.91 Å². The van der Waals surface area contributed by atoms with E-state index in [9.17, 15) is 4.79 Å². The van der Waals surface area contributed by atoms with E-state index in [1.807, 2.05) is 49.1 Å². The maximum absolute atomic E-state index is 12.1. The summed E-state index contributed by atoms with van der Waals surface area (Å²) in [5, 5.41) is 7.92. The number of carbonyl (C=O) groups is 1. The number of hydrogen-bond donors (Lipinski definition) is 1. The average molecular weight is 358 g/mol. The van der Waals surface area contributed by atoms with Crippen molar-refractivity contribution in [3.8, 4) is 9.88 Å². The van der Waals surface area contributed by atoms with Gasteiger partial charge in [0.25, 0.3) is 0 Å². The summed E-state index contributed by atoms with van der Waals surface area (Å²) in [6.07, 6.45) is 0.317. The molecule has 0 radical (unpaired) electrons. The van der Waals surface area contributed by atoms with Crippen LogP contribution in [-0.4, -0.2) is 25.0 Å². The third-order valence-electron chi connectivity index (χ3n) is 3.57. The van der Waals surface area contributed by atoms with Crippen molar-refractivity contribution in [1.29, 1.82) is 0 Å². The van der Waals surface area contributed by atoms with Gasteiger partial charge in [0.1, 0.15) is 5.01 Å². The van der Waals surface area contributed by atoms with Crippen molar-refractivity contribution in [2.45, 2.75) is 13.0 Å². The molecular formula is C18H19N3OS2. The molecule has 4 nitrogen and oxygen atoms in total. The first-order chi connectivity index (χ1) is 11.6. The maximum Gasteiger partial charge on any atom is 0.226 e. The average Bonchev–Trinajstić information content (AvgIpc) is 3.24. The Balaban J connectivity index is 1.52. The third-order valence-corrected chi connectivity index (χ3v) is 5.50. The van der Waals surface area contributed by atoms with E-state index in [1.54, 1.807) is 22.7 Å². The topological polar surface area (TPSA) is 45.2 Å². The molecule has 0 unspecified atom stereocenters. The highest BCUT2D eigenvalue weighted by Crippen LogP contribution is 2.27. The van der Waals surface area contributed by atoms with E-state index in [1.165, 1.54) is 0 Å². The molecule has 1 N–H and O–H groups in total. The van der Waals surface area contributed by atoms with Crippen LogP contribution in [0, 0.1) is 0 Å². The van der Waals surface area contributed by atoms with Gasteiger partial charge < -0.3 is 10.2 Å². The van der Waals surface area contributed by atoms with Gasteiger partial charge in [-0.15, -0.1) is 22.7 Å². The maximum atomic E-state index is 12.1. The lowest BCUT2D eigenvalue weighted by Gasteiger charge is -2.12. The first-order valence-corrected chi connectivity index (χ1v) is 9.39. The third kappa shape index (κ3) is 4.21. The predicted molar refractivity (Wildman–Crippen MR) is 102 cm³/mol. The molecule has 124 valence electrons. The number of nitrogens with zero attached hydrogens (tertiary/aromatic N) is 2. The number of carbonyl (C=O) groups excluding carboxylic acids is 1. The van der Waals surface area contributed by atoms with Gasteiger partial charge in [0, 0.05) is 31.7 Å². The molecule has 2 aromatic heterocycles. The molecule has 0 saturated heterocycles. The van der Waals surface area contributed by atoms with Crippen LogP contribution >= 0.6 is 22.7 Å². The van der Waals surface area contributed by atoms with E-state index in [4.69, 9.17) is 0 Å². The van der Waals surface area contributed by atoms with Crippen molar-refractivity contribution in [3.63, 3.8) is 0 Å². The highest BCUT2D eigenvalue weighted by Gasteiger charge is 2.09. The van der Waals surface area contributed by atoms with E-state index >= 15 is 0 Å². The largest absolute Gasteiger partial charge is 0.378 e. The van der Waals surface area contributed by atoms with Crippen LogP contribution in [0.25, 0.3) is 9.88 Å². The molecule has 0 aliphatic carbocycles. The summed E-state index contributed by atoms with van der Waals surface area (Å²) in [5.41, 5.74) is 3.06. The molecular weight excluding hydrogens is 338 g/mol. The van der Waals surface area contributed by atoms with Crippen molar-refractivity contribution in [3.05, 3.63) is 58.4 Å². The minimum absolute atomic E-state index is 0.00489. The number of amides is 1. The fourth-order valence-corrected chi connectivity index (χ4v) is 3.88. The molecule has 6 heteroatoms. The summed E-state index contributed by atoms with van der Waals surface area (Å²) >= 11 is 3.25. The second-order valence-electron chi connectivity index (χ2n) is 5.64. The Hall–Kier alpha value is -2.18. The first-order valence-electron chi connectivity index (χ1n) is 7.63. The monoisotopic (exact) mass is 357 g/mol. The molecule has 1 aromatic carbocycles. The van der Waals surface area contributed by atoms with Gasteiger partial charge in [-0.2, -0.15) is 0 Å². The summed E-state index contributed by atoms with van der Waals surface area (Å²) < 4.78 is 0. The van der Waals surface area contributed by atoms with Crippen LogP contribution in [-0.2, 0) is 17.8 Å². The molecule has 0 atom stereocenters. The lowest BCUT2D eigenvalue weighted by atomic mass is 10.2. The van der Waals surface area contributed by atoms with Crippen molar-refractivity contribution < 1.29 is 4.79 Å². The zero-order valence-corrected chi connectivity index (χ0v) is 15.3. The van der Waals surface area contributed by atoms with Crippen LogP contribution in [0.3, 0.4) is 0 Å². The van der Waals surface area contributed by atoms with Gasteiger partial charge in [0.15, 0.2) is 0 Å². The van der Waals surface area contributed by atoms with Crippen molar-refractivity contribution >= 4 is 34.3 Å². The van der Waals surface area contributed by atoms with Gasteiger partial charge >= 0.3 is 0 Å². The smallest absolute Gasteiger partial charge is 0.226 e. The molecule has 1 amide bonds. The Bertz CT molecular complexity index is 792. The normalized spacial score (nSPS) is 10.6. The number of benzene rings is 1. The quantitative estimate of drug-likeness (QED) is 0.730. The van der Waals surface area contributed by atoms with E-state index in [-0.39, 0.29) is 5.91 Å². The van der Waals surface area contributed by atoms with Crippen LogP contribution < -0.4 is 10.2 Å². The Morgan fingerprint density at radius 1 is 1.17 bits per heavy atom. The highest BCUT2D eigenvalue weighted by molar-refractivity contribution is 7.20. The first kappa shape index (κ1) is 16.7. The van der Waals surface area contributed by atoms with Crippen LogP contribution in [0.15, 0.2) is 47.2 Å². The Morgan fingerprint density at radius 2 is 1.96 bits per heavy atom. The Morgan fingerprint density at radius 3 is 2.62 bits per heavy atom. The Labute approximate surface area is 149 Å². The van der Waals surface area contributed by atoms with E-state index < -0.39 is 0 Å². The molecule has 0 saturated carbocycles. The predicted octanol–water partition coefficient (Wildman–Crippen LogP) is 3.80. The van der Waals surface area contributed by atoms with Gasteiger partial charge in [-0.25, -0.2) is 4.98 Å². The number of aromatic nitrogens is 1. The van der Waals surface area contributed by atoms with E-state index in [0.29, 0.717) is 13.0 Å². The fourth-order valence-electron chi connectivity index (χ4n) is 2.24. The van der Waals surface area contributed by atoms with Crippen LogP contribution in [0.4, 0.5) is 5.69 Å². The van der Waals surface area contributed by atoms with E-state index in [0.717, 1.165) is 26.8 Å². The lowest BCUT2D eigenvalue weighted by Crippen LogP contribution is -2.24. The Kier molecular flexibility index (Phi) is 5.27. The zero-order valence-electron chi connectivity index (χ0n) is 13.7. The van der Waals surface area contributed by atoms with Gasteiger partial charge in [-0.3, -0.25) is 4.79 Å². The second-order valence-corrected chi connectivity index (χ2v) is 7.44. The number of rotatable bonds is 6. The standard InChI is InChI=1S/C18H19N3OS2/c1-21(2)15-7-5-13(6-8-15)11-19-17(22)10-14-12-24-18(20-14)16-4-3-9-23-16/h3-9,12H,10-11H2,1-2H3,(H,19,22). The van der Waals surface area contributed by atoms with Crippen molar-refractivity contribution in [2.24, 2.45) is 0 Å². The van der Waals surface area contributed by atoms with Gasteiger partial charge in [-0.1, -0.05) is 18.2 Å². The molecule has 0 aliphatic rings. The summed E-state index contributed by atoms with van der Waals surface area (Å²) in [5.74, 6) is -0.00489. The number of anilines is 1. The molecule has 0 aliphatic heterocycles. The molecule has 2 heterocycles. The molecule has 3 rings (SSSR count). The number of thiazole rings is 1. The summed E-state index contributed by atoms with van der Waals surface area (Å²) in [6.45, 7) is 0.536. The van der Waals surface area contributed by atoms with E-state index in [2.05, 4.69) is 27.3 Å².